The second-order valence-corrected chi connectivity index (χ2v) is 4.39. The van der Waals surface area contributed by atoms with Crippen LogP contribution in [-0.2, 0) is 0 Å². The zero-order chi connectivity index (χ0) is 12.8. The first-order valence-corrected chi connectivity index (χ1v) is 6.76. The Morgan fingerprint density at radius 3 is 2.71 bits per heavy atom. The Labute approximate surface area is 104 Å². The van der Waals surface area contributed by atoms with E-state index >= 15 is 0 Å². The van der Waals surface area contributed by atoms with Gasteiger partial charge in [0.1, 0.15) is 5.82 Å². The highest BCUT2D eigenvalue weighted by Gasteiger charge is 2.20. The Balaban J connectivity index is 0.000000686. The van der Waals surface area contributed by atoms with Crippen LogP contribution >= 0.6 is 0 Å². The summed E-state index contributed by atoms with van der Waals surface area (Å²) < 4.78 is 13.5. The minimum Gasteiger partial charge on any atom is -0.385 e. The summed E-state index contributed by atoms with van der Waals surface area (Å²) in [4.78, 5) is 0. The van der Waals surface area contributed by atoms with Crippen molar-refractivity contribution in [3.05, 3.63) is 29.1 Å². The van der Waals surface area contributed by atoms with Gasteiger partial charge in [0.15, 0.2) is 0 Å². The first-order valence-electron chi connectivity index (χ1n) is 6.76. The van der Waals surface area contributed by atoms with Crippen LogP contribution in [0.4, 0.5) is 10.1 Å². The number of rotatable bonds is 2. The fourth-order valence-electron chi connectivity index (χ4n) is 2.37. The standard InChI is InChI=1S/C13H18FN.C2H6/c1-3-4-10-5-6-15-13-7-9(2)12(14)8-11(10)13;1-2/h7-8,10,15H,3-6H2,1-2H3;1-2H3. The van der Waals surface area contributed by atoms with E-state index in [-0.39, 0.29) is 5.82 Å². The number of aryl methyl sites for hydroxylation is 1. The van der Waals surface area contributed by atoms with Crippen molar-refractivity contribution in [2.75, 3.05) is 11.9 Å². The molecule has 1 N–H and O–H groups in total. The zero-order valence-corrected chi connectivity index (χ0v) is 11.4. The molecule has 17 heavy (non-hydrogen) atoms. The summed E-state index contributed by atoms with van der Waals surface area (Å²) in [5.74, 6) is 0.472. The Hall–Kier alpha value is -1.05. The lowest BCUT2D eigenvalue weighted by Crippen LogP contribution is -2.17. The molecule has 0 saturated carbocycles. The molecule has 0 fully saturated rings. The lowest BCUT2D eigenvalue weighted by atomic mass is 9.87. The van der Waals surface area contributed by atoms with Crippen LogP contribution in [0.15, 0.2) is 12.1 Å². The quantitative estimate of drug-likeness (QED) is 0.774. The molecule has 96 valence electrons. The smallest absolute Gasteiger partial charge is 0.126 e. The number of fused-ring (bicyclic) bond motifs is 1. The van der Waals surface area contributed by atoms with Crippen LogP contribution in [0.1, 0.15) is 57.1 Å². The van der Waals surface area contributed by atoms with Crippen molar-refractivity contribution in [2.24, 2.45) is 0 Å². The maximum Gasteiger partial charge on any atom is 0.126 e. The van der Waals surface area contributed by atoms with Gasteiger partial charge in [-0.05, 0) is 48.9 Å². The van der Waals surface area contributed by atoms with E-state index in [1.54, 1.807) is 6.07 Å². The molecule has 1 aromatic rings. The third-order valence-corrected chi connectivity index (χ3v) is 3.22. The number of hydrogen-bond acceptors (Lipinski definition) is 1. The molecular formula is C15H24FN. The molecule has 1 aromatic carbocycles. The SMILES string of the molecule is CC.CCCC1CCNc2cc(C)c(F)cc21. The van der Waals surface area contributed by atoms with Crippen molar-refractivity contribution >= 4 is 5.69 Å². The number of benzene rings is 1. The van der Waals surface area contributed by atoms with Gasteiger partial charge in [-0.3, -0.25) is 0 Å². The Bertz CT molecular complexity index is 360. The average Bonchev–Trinajstić information content (AvgIpc) is 2.35. The molecule has 1 aliphatic heterocycles. The minimum absolute atomic E-state index is 0.0708. The summed E-state index contributed by atoms with van der Waals surface area (Å²) in [6, 6.07) is 3.66. The molecule has 1 aliphatic rings. The van der Waals surface area contributed by atoms with E-state index in [4.69, 9.17) is 0 Å². The van der Waals surface area contributed by atoms with Crippen molar-refractivity contribution in [2.45, 2.75) is 52.9 Å². The second-order valence-electron chi connectivity index (χ2n) is 4.39. The molecule has 0 aromatic heterocycles. The van der Waals surface area contributed by atoms with Crippen LogP contribution in [0.2, 0.25) is 0 Å². The third kappa shape index (κ3) is 3.21. The van der Waals surface area contributed by atoms with Gasteiger partial charge in [0, 0.05) is 12.2 Å². The molecule has 1 unspecified atom stereocenters. The minimum atomic E-state index is -0.0708. The zero-order valence-electron chi connectivity index (χ0n) is 11.4. The predicted molar refractivity (Wildman–Crippen MR) is 73.2 cm³/mol. The Morgan fingerprint density at radius 1 is 1.35 bits per heavy atom. The highest BCUT2D eigenvalue weighted by molar-refractivity contribution is 5.56. The molecule has 0 spiro atoms. The number of hydrogen-bond donors (Lipinski definition) is 1. The molecule has 0 bridgehead atoms. The van der Waals surface area contributed by atoms with Crippen LogP contribution in [0.25, 0.3) is 0 Å². The first kappa shape index (κ1) is 14.0. The lowest BCUT2D eigenvalue weighted by Gasteiger charge is -2.27. The van der Waals surface area contributed by atoms with Crippen molar-refractivity contribution in [1.82, 2.24) is 0 Å². The van der Waals surface area contributed by atoms with Crippen LogP contribution in [0, 0.1) is 12.7 Å². The van der Waals surface area contributed by atoms with Crippen molar-refractivity contribution < 1.29 is 4.39 Å². The Kier molecular flexibility index (Phi) is 5.46. The van der Waals surface area contributed by atoms with Crippen LogP contribution in [-0.4, -0.2) is 6.54 Å². The van der Waals surface area contributed by atoms with Gasteiger partial charge in [-0.1, -0.05) is 27.2 Å². The molecule has 0 saturated heterocycles. The van der Waals surface area contributed by atoms with Crippen LogP contribution < -0.4 is 5.32 Å². The summed E-state index contributed by atoms with van der Waals surface area (Å²) in [5.41, 5.74) is 3.04. The molecule has 0 aliphatic carbocycles. The van der Waals surface area contributed by atoms with Gasteiger partial charge in [-0.2, -0.15) is 0 Å². The molecule has 0 amide bonds. The maximum atomic E-state index is 13.5. The van der Waals surface area contributed by atoms with E-state index < -0.39 is 0 Å². The van der Waals surface area contributed by atoms with Crippen molar-refractivity contribution in [3.8, 4) is 0 Å². The lowest BCUT2D eigenvalue weighted by molar-refractivity contribution is 0.558. The molecule has 0 radical (unpaired) electrons. The molecule has 2 heteroatoms. The van der Waals surface area contributed by atoms with Crippen LogP contribution in [0.5, 0.6) is 0 Å². The molecule has 1 atom stereocenters. The summed E-state index contributed by atoms with van der Waals surface area (Å²) in [6.45, 7) is 9.02. The van der Waals surface area contributed by atoms with Crippen LogP contribution in [0.3, 0.4) is 0 Å². The van der Waals surface area contributed by atoms with Gasteiger partial charge >= 0.3 is 0 Å². The molecule has 2 rings (SSSR count). The number of halogens is 1. The predicted octanol–water partition coefficient (Wildman–Crippen LogP) is 4.86. The maximum absolute atomic E-state index is 13.5. The summed E-state index contributed by atoms with van der Waals surface area (Å²) >= 11 is 0. The average molecular weight is 237 g/mol. The summed E-state index contributed by atoms with van der Waals surface area (Å²) in [6.07, 6.45) is 3.46. The summed E-state index contributed by atoms with van der Waals surface area (Å²) in [7, 11) is 0. The van der Waals surface area contributed by atoms with Crippen molar-refractivity contribution in [3.63, 3.8) is 0 Å². The normalized spacial score (nSPS) is 17.6. The van der Waals surface area contributed by atoms with Gasteiger partial charge in [0.2, 0.25) is 0 Å². The van der Waals surface area contributed by atoms with E-state index in [0.29, 0.717) is 5.92 Å². The molecular weight excluding hydrogens is 213 g/mol. The van der Waals surface area contributed by atoms with E-state index in [2.05, 4.69) is 12.2 Å². The highest BCUT2D eigenvalue weighted by atomic mass is 19.1. The van der Waals surface area contributed by atoms with E-state index in [0.717, 1.165) is 30.6 Å². The van der Waals surface area contributed by atoms with E-state index in [9.17, 15) is 4.39 Å². The largest absolute Gasteiger partial charge is 0.385 e. The van der Waals surface area contributed by atoms with Gasteiger partial charge in [0.05, 0.1) is 0 Å². The number of nitrogens with one attached hydrogen (secondary N) is 1. The molecule has 1 heterocycles. The summed E-state index contributed by atoms with van der Waals surface area (Å²) in [5, 5.41) is 3.35. The molecule has 1 nitrogen and oxygen atoms in total. The second kappa shape index (κ2) is 6.63. The van der Waals surface area contributed by atoms with Gasteiger partial charge in [-0.25, -0.2) is 4.39 Å². The fourth-order valence-corrected chi connectivity index (χ4v) is 2.37. The number of anilines is 1. The first-order chi connectivity index (χ1) is 8.22. The fraction of sp³-hybridized carbons (Fsp3) is 0.600. The third-order valence-electron chi connectivity index (χ3n) is 3.22. The van der Waals surface area contributed by atoms with E-state index in [1.165, 1.54) is 12.0 Å². The Morgan fingerprint density at radius 2 is 2.06 bits per heavy atom. The van der Waals surface area contributed by atoms with Crippen molar-refractivity contribution in [1.29, 1.82) is 0 Å². The van der Waals surface area contributed by atoms with Gasteiger partial charge < -0.3 is 5.32 Å². The van der Waals surface area contributed by atoms with E-state index in [1.807, 2.05) is 26.8 Å². The van der Waals surface area contributed by atoms with Gasteiger partial charge in [-0.15, -0.1) is 0 Å². The topological polar surface area (TPSA) is 12.0 Å². The monoisotopic (exact) mass is 237 g/mol. The van der Waals surface area contributed by atoms with Gasteiger partial charge in [0.25, 0.3) is 0 Å². The highest BCUT2D eigenvalue weighted by Crippen LogP contribution is 2.35.